The van der Waals surface area contributed by atoms with Crippen molar-refractivity contribution in [1.82, 2.24) is 39.3 Å². The molecule has 0 aliphatic carbocycles. The molecule has 2 amide bonds. The Morgan fingerprint density at radius 3 is 2.51 bits per heavy atom. The maximum absolute atomic E-state index is 13.2. The molecule has 0 saturated heterocycles. The zero-order valence-corrected chi connectivity index (χ0v) is 20.8. The molecule has 0 spiro atoms. The summed E-state index contributed by atoms with van der Waals surface area (Å²) in [7, 11) is 0.501. The molecule has 1 N–H and O–H groups in total. The number of hydrogen-bond donors (Lipinski definition) is 1. The van der Waals surface area contributed by atoms with E-state index in [0.29, 0.717) is 0 Å². The number of nitrogens with one attached hydrogen (secondary N) is 1. The quantitative estimate of drug-likeness (QED) is 0.387. The fourth-order valence-corrected chi connectivity index (χ4v) is 4.49. The van der Waals surface area contributed by atoms with Gasteiger partial charge in [-0.15, -0.1) is 0 Å². The van der Waals surface area contributed by atoms with Gasteiger partial charge in [0.1, 0.15) is 22.8 Å². The Bertz CT molecular complexity index is 1660. The summed E-state index contributed by atoms with van der Waals surface area (Å²) in [6.45, 7) is 1.08. The first-order valence-electron chi connectivity index (χ1n) is 10.7. The van der Waals surface area contributed by atoms with Gasteiger partial charge in [-0.05, 0) is 12.1 Å². The van der Waals surface area contributed by atoms with E-state index in [1.54, 1.807) is 0 Å². The number of amides is 2. The van der Waals surface area contributed by atoms with Gasteiger partial charge in [0.15, 0.2) is 20.5 Å². The van der Waals surface area contributed by atoms with Gasteiger partial charge in [0, 0.05) is 27.3 Å². The lowest BCUT2D eigenvalue weighted by Gasteiger charge is -2.11. The first-order valence-corrected chi connectivity index (χ1v) is 12.4. The molecule has 12 nitrogen and oxygen atoms in total. The number of alkyl halides is 3. The molecule has 0 radical (unpaired) electrons. The second kappa shape index (κ2) is 9.10. The zero-order valence-electron chi connectivity index (χ0n) is 20.0. The van der Waals surface area contributed by atoms with Crippen molar-refractivity contribution in [1.29, 1.82) is 0 Å². The molecule has 0 bridgehead atoms. The van der Waals surface area contributed by atoms with Crippen LogP contribution in [-0.4, -0.2) is 80.7 Å². The number of hydrogen-bond acceptors (Lipinski definition) is 8. The lowest BCUT2D eigenvalue weighted by atomic mass is 10.3. The number of nitrogens with zero attached hydrogens (tertiary/aromatic N) is 7. The van der Waals surface area contributed by atoms with Crippen molar-refractivity contribution in [3.8, 4) is 11.4 Å². The fourth-order valence-electron chi connectivity index (χ4n) is 3.52. The van der Waals surface area contributed by atoms with Gasteiger partial charge in [-0.25, -0.2) is 27.9 Å². The molecular weight excluding hydrogens is 517 g/mol. The van der Waals surface area contributed by atoms with Gasteiger partial charge in [-0.1, -0.05) is 6.92 Å². The van der Waals surface area contributed by atoms with Crippen molar-refractivity contribution in [3.63, 3.8) is 0 Å². The smallest absolute Gasteiger partial charge is 0.347 e. The summed E-state index contributed by atoms with van der Waals surface area (Å²) >= 11 is 0. The summed E-state index contributed by atoms with van der Waals surface area (Å²) < 4.78 is 67.9. The van der Waals surface area contributed by atoms with Crippen molar-refractivity contribution in [2.75, 3.05) is 26.4 Å². The van der Waals surface area contributed by atoms with Gasteiger partial charge in [0.05, 0.1) is 29.5 Å². The number of halogens is 3. The SMILES string of the molecule is CCS(=O)(=O)c1nn2c(C(=O)NCC(=O)N(C)C)ccnc2c1-c1nc2cc(C(F)(F)F)ncc2n1C. The molecule has 0 fully saturated rings. The summed E-state index contributed by atoms with van der Waals surface area (Å²) in [4.78, 5) is 37.9. The van der Waals surface area contributed by atoms with E-state index < -0.39 is 32.6 Å². The Hall–Kier alpha value is -4.08. The van der Waals surface area contributed by atoms with Gasteiger partial charge in [0.2, 0.25) is 5.91 Å². The van der Waals surface area contributed by atoms with E-state index in [4.69, 9.17) is 0 Å². The van der Waals surface area contributed by atoms with Gasteiger partial charge in [-0.2, -0.15) is 18.3 Å². The number of sulfone groups is 1. The minimum atomic E-state index is -4.70. The van der Waals surface area contributed by atoms with Gasteiger partial charge >= 0.3 is 6.18 Å². The van der Waals surface area contributed by atoms with Crippen LogP contribution in [0.4, 0.5) is 13.2 Å². The molecule has 0 saturated carbocycles. The highest BCUT2D eigenvalue weighted by Gasteiger charge is 2.34. The highest BCUT2D eigenvalue weighted by Crippen LogP contribution is 2.34. The summed E-state index contributed by atoms with van der Waals surface area (Å²) in [5.74, 6) is -1.49. The number of pyridine rings is 1. The molecule has 4 heterocycles. The molecule has 0 aliphatic rings. The van der Waals surface area contributed by atoms with E-state index in [9.17, 15) is 31.2 Å². The topological polar surface area (TPSA) is 144 Å². The van der Waals surface area contributed by atoms with Gasteiger partial charge < -0.3 is 14.8 Å². The average Bonchev–Trinajstić information content (AvgIpc) is 3.39. The second-order valence-corrected chi connectivity index (χ2v) is 10.4. The van der Waals surface area contributed by atoms with Crippen LogP contribution in [-0.2, 0) is 27.9 Å². The van der Waals surface area contributed by atoms with Gasteiger partial charge in [0.25, 0.3) is 5.91 Å². The van der Waals surface area contributed by atoms with Crippen LogP contribution in [0, 0.1) is 0 Å². The molecule has 0 unspecified atom stereocenters. The third-order valence-corrected chi connectivity index (χ3v) is 7.21. The number of imidazole rings is 1. The van der Waals surface area contributed by atoms with E-state index >= 15 is 0 Å². The predicted octanol–water partition coefficient (Wildman–Crippen LogP) is 1.31. The minimum absolute atomic E-state index is 0.0361. The van der Waals surface area contributed by atoms with Crippen LogP contribution in [0.15, 0.2) is 29.6 Å². The number of rotatable bonds is 6. The normalized spacial score (nSPS) is 12.3. The fraction of sp³-hybridized carbons (Fsp3) is 0.333. The molecule has 37 heavy (non-hydrogen) atoms. The van der Waals surface area contributed by atoms with E-state index in [0.717, 1.165) is 16.8 Å². The van der Waals surface area contributed by atoms with E-state index in [1.165, 1.54) is 49.8 Å². The number of aromatic nitrogens is 6. The highest BCUT2D eigenvalue weighted by atomic mass is 32.2. The number of carbonyl (C=O) groups is 2. The second-order valence-electron chi connectivity index (χ2n) is 8.17. The van der Waals surface area contributed by atoms with Crippen LogP contribution in [0.3, 0.4) is 0 Å². The van der Waals surface area contributed by atoms with Crippen molar-refractivity contribution >= 4 is 38.3 Å². The summed E-state index contributed by atoms with van der Waals surface area (Å²) in [5, 5.41) is 6.14. The molecule has 4 aromatic rings. The monoisotopic (exact) mass is 538 g/mol. The maximum atomic E-state index is 13.2. The van der Waals surface area contributed by atoms with Crippen molar-refractivity contribution < 1.29 is 31.2 Å². The first kappa shape index (κ1) is 26.0. The molecule has 0 atom stereocenters. The number of aryl methyl sites for hydroxylation is 1. The summed E-state index contributed by atoms with van der Waals surface area (Å²) in [5.41, 5.74) is -1.30. The molecule has 4 aromatic heterocycles. The Morgan fingerprint density at radius 2 is 1.89 bits per heavy atom. The molecule has 4 rings (SSSR count). The first-order chi connectivity index (χ1) is 17.3. The van der Waals surface area contributed by atoms with Crippen molar-refractivity contribution in [2.45, 2.75) is 18.1 Å². The molecule has 196 valence electrons. The Morgan fingerprint density at radius 1 is 1.19 bits per heavy atom. The van der Waals surface area contributed by atoms with Crippen LogP contribution in [0.5, 0.6) is 0 Å². The standard InChI is InChI=1S/C21H21F3N8O4S/c1-5-37(35,36)20-16(18-28-11-8-14(21(22,23)24)26-9-13(11)31(18)4)17-25-7-6-12(32(17)29-20)19(34)27-10-15(33)30(2)3/h6-9H,5,10H2,1-4H3,(H,27,34). The zero-order chi connectivity index (χ0) is 27.3. The summed E-state index contributed by atoms with van der Waals surface area (Å²) in [6, 6.07) is 2.04. The van der Waals surface area contributed by atoms with Crippen molar-refractivity contribution in [3.05, 3.63) is 35.9 Å². The Balaban J connectivity index is 1.95. The Labute approximate surface area is 208 Å². The van der Waals surface area contributed by atoms with Crippen molar-refractivity contribution in [2.24, 2.45) is 7.05 Å². The molecular formula is C21H21F3N8O4S. The predicted molar refractivity (Wildman–Crippen MR) is 124 cm³/mol. The van der Waals surface area contributed by atoms with Crippen LogP contribution in [0.2, 0.25) is 0 Å². The van der Waals surface area contributed by atoms with Crippen LogP contribution in [0.1, 0.15) is 23.1 Å². The molecule has 0 aliphatic heterocycles. The van der Waals surface area contributed by atoms with E-state index in [2.05, 4.69) is 25.4 Å². The maximum Gasteiger partial charge on any atom is 0.433 e. The summed E-state index contributed by atoms with van der Waals surface area (Å²) in [6.07, 6.45) is -2.47. The third kappa shape index (κ3) is 4.59. The number of fused-ring (bicyclic) bond motifs is 2. The van der Waals surface area contributed by atoms with Gasteiger partial charge in [-0.3, -0.25) is 9.59 Å². The molecule has 16 heteroatoms. The lowest BCUT2D eigenvalue weighted by molar-refractivity contribution is -0.141. The Kier molecular flexibility index (Phi) is 6.39. The van der Waals surface area contributed by atoms with Crippen LogP contribution < -0.4 is 5.32 Å². The average molecular weight is 539 g/mol. The van der Waals surface area contributed by atoms with Crippen LogP contribution >= 0.6 is 0 Å². The third-order valence-electron chi connectivity index (χ3n) is 5.57. The number of carbonyl (C=O) groups excluding carboxylic acids is 2. The van der Waals surface area contributed by atoms with E-state index in [1.807, 2.05) is 0 Å². The largest absolute Gasteiger partial charge is 0.433 e. The lowest BCUT2D eigenvalue weighted by Crippen LogP contribution is -2.37. The highest BCUT2D eigenvalue weighted by molar-refractivity contribution is 7.91. The molecule has 0 aromatic carbocycles. The van der Waals surface area contributed by atoms with E-state index in [-0.39, 0.29) is 52.0 Å². The van der Waals surface area contributed by atoms with Crippen LogP contribution in [0.25, 0.3) is 28.1 Å². The minimum Gasteiger partial charge on any atom is -0.347 e. The number of likely N-dealkylation sites (N-methyl/N-ethyl adjacent to an activating group) is 1.